The molecule has 0 amide bonds. The topological polar surface area (TPSA) is 12.0 Å². The van der Waals surface area contributed by atoms with Gasteiger partial charge in [-0.2, -0.15) is 0 Å². The lowest BCUT2D eigenvalue weighted by molar-refractivity contribution is 0.761. The summed E-state index contributed by atoms with van der Waals surface area (Å²) in [6.45, 7) is 4.31. The SMILES string of the molecule is Cc1cccc(NC2CCc3ccc(C)cc32)c1. The van der Waals surface area contributed by atoms with E-state index in [4.69, 9.17) is 0 Å². The van der Waals surface area contributed by atoms with Gasteiger partial charge >= 0.3 is 0 Å². The van der Waals surface area contributed by atoms with Gasteiger partial charge < -0.3 is 5.32 Å². The van der Waals surface area contributed by atoms with Crippen LogP contribution in [0.2, 0.25) is 0 Å². The molecule has 0 saturated carbocycles. The molecule has 0 fully saturated rings. The average molecular weight is 237 g/mol. The summed E-state index contributed by atoms with van der Waals surface area (Å²) in [6.07, 6.45) is 2.39. The van der Waals surface area contributed by atoms with E-state index in [0.29, 0.717) is 6.04 Å². The molecule has 0 aromatic heterocycles. The Balaban J connectivity index is 1.86. The molecule has 0 aliphatic heterocycles. The van der Waals surface area contributed by atoms with E-state index in [9.17, 15) is 0 Å². The Kier molecular flexibility index (Phi) is 2.83. The molecule has 18 heavy (non-hydrogen) atoms. The van der Waals surface area contributed by atoms with E-state index in [0.717, 1.165) is 0 Å². The standard InChI is InChI=1S/C17H19N/c1-12-4-3-5-15(10-12)18-17-9-8-14-7-6-13(2)11-16(14)17/h3-7,10-11,17-18H,8-9H2,1-2H3. The highest BCUT2D eigenvalue weighted by atomic mass is 14.9. The van der Waals surface area contributed by atoms with Crippen LogP contribution >= 0.6 is 0 Å². The Morgan fingerprint density at radius 1 is 1.00 bits per heavy atom. The lowest BCUT2D eigenvalue weighted by Crippen LogP contribution is -2.07. The highest BCUT2D eigenvalue weighted by Gasteiger charge is 2.21. The van der Waals surface area contributed by atoms with Crippen LogP contribution in [-0.2, 0) is 6.42 Å². The Hall–Kier alpha value is -1.76. The quantitative estimate of drug-likeness (QED) is 0.816. The van der Waals surface area contributed by atoms with E-state index in [1.165, 1.54) is 40.8 Å². The molecule has 0 bridgehead atoms. The summed E-state index contributed by atoms with van der Waals surface area (Å²) in [6, 6.07) is 15.9. The maximum atomic E-state index is 3.67. The van der Waals surface area contributed by atoms with Crippen LogP contribution in [0.15, 0.2) is 42.5 Å². The number of hydrogen-bond donors (Lipinski definition) is 1. The number of nitrogens with one attached hydrogen (secondary N) is 1. The number of hydrogen-bond acceptors (Lipinski definition) is 1. The highest BCUT2D eigenvalue weighted by molar-refractivity contribution is 5.50. The minimum atomic E-state index is 0.474. The van der Waals surface area contributed by atoms with E-state index in [2.05, 4.69) is 61.6 Å². The van der Waals surface area contributed by atoms with E-state index < -0.39 is 0 Å². The highest BCUT2D eigenvalue weighted by Crippen LogP contribution is 2.34. The molecular formula is C17H19N. The van der Waals surface area contributed by atoms with Crippen molar-refractivity contribution >= 4 is 5.69 Å². The largest absolute Gasteiger partial charge is 0.378 e. The third-order valence-electron chi connectivity index (χ3n) is 3.74. The monoisotopic (exact) mass is 237 g/mol. The minimum absolute atomic E-state index is 0.474. The zero-order valence-electron chi connectivity index (χ0n) is 11.0. The molecule has 1 aliphatic carbocycles. The van der Waals surface area contributed by atoms with E-state index >= 15 is 0 Å². The fraction of sp³-hybridized carbons (Fsp3) is 0.294. The van der Waals surface area contributed by atoms with E-state index in [1.807, 2.05) is 0 Å². The maximum absolute atomic E-state index is 3.67. The van der Waals surface area contributed by atoms with E-state index in [1.54, 1.807) is 0 Å². The molecule has 0 spiro atoms. The summed E-state index contributed by atoms with van der Waals surface area (Å²) < 4.78 is 0. The van der Waals surface area contributed by atoms with Gasteiger partial charge in [-0.25, -0.2) is 0 Å². The smallest absolute Gasteiger partial charge is 0.0519 e. The molecule has 1 heteroatoms. The second-order valence-electron chi connectivity index (χ2n) is 5.31. The summed E-state index contributed by atoms with van der Waals surface area (Å²) in [5, 5.41) is 3.67. The van der Waals surface area contributed by atoms with Gasteiger partial charge in [-0.05, 0) is 55.5 Å². The third kappa shape index (κ3) is 2.13. The van der Waals surface area contributed by atoms with Crippen LogP contribution in [0.5, 0.6) is 0 Å². The summed E-state index contributed by atoms with van der Waals surface area (Å²) in [5.74, 6) is 0. The van der Waals surface area contributed by atoms with E-state index in [-0.39, 0.29) is 0 Å². The summed E-state index contributed by atoms with van der Waals surface area (Å²) >= 11 is 0. The molecule has 1 atom stereocenters. The zero-order valence-corrected chi connectivity index (χ0v) is 11.0. The summed E-state index contributed by atoms with van der Waals surface area (Å²) in [7, 11) is 0. The molecule has 1 N–H and O–H groups in total. The van der Waals surface area contributed by atoms with Gasteiger partial charge in [0.25, 0.3) is 0 Å². The van der Waals surface area contributed by atoms with Crippen molar-refractivity contribution in [3.63, 3.8) is 0 Å². The Bertz CT molecular complexity index is 572. The van der Waals surface area contributed by atoms with Gasteiger partial charge in [-0.1, -0.05) is 35.9 Å². The molecule has 0 saturated heterocycles. The van der Waals surface area contributed by atoms with Gasteiger partial charge in [0.1, 0.15) is 0 Å². The normalized spacial score (nSPS) is 17.6. The van der Waals surface area contributed by atoms with Crippen molar-refractivity contribution in [1.29, 1.82) is 0 Å². The van der Waals surface area contributed by atoms with Crippen LogP contribution in [0.4, 0.5) is 5.69 Å². The van der Waals surface area contributed by atoms with Gasteiger partial charge in [0.05, 0.1) is 6.04 Å². The number of anilines is 1. The first-order valence-electron chi connectivity index (χ1n) is 6.65. The molecule has 1 nitrogen and oxygen atoms in total. The predicted octanol–water partition coefficient (Wildman–Crippen LogP) is 4.40. The number of aryl methyl sites for hydroxylation is 3. The molecule has 3 rings (SSSR count). The molecule has 2 aromatic rings. The lowest BCUT2D eigenvalue weighted by atomic mass is 10.0. The number of rotatable bonds is 2. The second kappa shape index (κ2) is 4.49. The first-order valence-corrected chi connectivity index (χ1v) is 6.65. The van der Waals surface area contributed by atoms with Crippen molar-refractivity contribution in [3.05, 3.63) is 64.7 Å². The van der Waals surface area contributed by atoms with Crippen LogP contribution in [0.25, 0.3) is 0 Å². The average Bonchev–Trinajstić information content (AvgIpc) is 2.72. The third-order valence-corrected chi connectivity index (χ3v) is 3.74. The molecule has 92 valence electrons. The molecule has 2 aromatic carbocycles. The van der Waals surface area contributed by atoms with Crippen LogP contribution in [-0.4, -0.2) is 0 Å². The van der Waals surface area contributed by atoms with Crippen molar-refractivity contribution in [3.8, 4) is 0 Å². The summed E-state index contributed by atoms with van der Waals surface area (Å²) in [4.78, 5) is 0. The van der Waals surface area contributed by atoms with Crippen molar-refractivity contribution in [1.82, 2.24) is 0 Å². The van der Waals surface area contributed by atoms with Crippen LogP contribution in [0.3, 0.4) is 0 Å². The lowest BCUT2D eigenvalue weighted by Gasteiger charge is -2.16. The second-order valence-corrected chi connectivity index (χ2v) is 5.31. The van der Waals surface area contributed by atoms with Gasteiger partial charge in [-0.3, -0.25) is 0 Å². The van der Waals surface area contributed by atoms with Gasteiger partial charge in [0, 0.05) is 5.69 Å². The first-order chi connectivity index (χ1) is 8.72. The van der Waals surface area contributed by atoms with Crippen LogP contribution in [0, 0.1) is 13.8 Å². The molecule has 1 aliphatic rings. The van der Waals surface area contributed by atoms with Crippen molar-refractivity contribution < 1.29 is 0 Å². The summed E-state index contributed by atoms with van der Waals surface area (Å²) in [5.41, 5.74) is 6.88. The number of fused-ring (bicyclic) bond motifs is 1. The van der Waals surface area contributed by atoms with Crippen LogP contribution < -0.4 is 5.32 Å². The molecule has 1 unspecified atom stereocenters. The Labute approximate surface area is 109 Å². The fourth-order valence-electron chi connectivity index (χ4n) is 2.81. The minimum Gasteiger partial charge on any atom is -0.378 e. The van der Waals surface area contributed by atoms with Crippen molar-refractivity contribution in [2.45, 2.75) is 32.7 Å². The molecule has 0 radical (unpaired) electrons. The Morgan fingerprint density at radius 3 is 2.67 bits per heavy atom. The van der Waals surface area contributed by atoms with Gasteiger partial charge in [-0.15, -0.1) is 0 Å². The Morgan fingerprint density at radius 2 is 1.83 bits per heavy atom. The zero-order chi connectivity index (χ0) is 12.5. The van der Waals surface area contributed by atoms with Gasteiger partial charge in [0.15, 0.2) is 0 Å². The van der Waals surface area contributed by atoms with Crippen LogP contribution in [0.1, 0.15) is 34.7 Å². The number of benzene rings is 2. The fourth-order valence-corrected chi connectivity index (χ4v) is 2.81. The predicted molar refractivity (Wildman–Crippen MR) is 77.0 cm³/mol. The molecular weight excluding hydrogens is 218 g/mol. The maximum Gasteiger partial charge on any atom is 0.0519 e. The van der Waals surface area contributed by atoms with Gasteiger partial charge in [0.2, 0.25) is 0 Å². The first kappa shape index (κ1) is 11.3. The van der Waals surface area contributed by atoms with Crippen molar-refractivity contribution in [2.24, 2.45) is 0 Å². The molecule has 0 heterocycles. The van der Waals surface area contributed by atoms with Crippen molar-refractivity contribution in [2.75, 3.05) is 5.32 Å².